The lowest BCUT2D eigenvalue weighted by Crippen LogP contribution is -2.27. The predicted octanol–water partition coefficient (Wildman–Crippen LogP) is 3.95. The number of aromatic nitrogens is 3. The summed E-state index contributed by atoms with van der Waals surface area (Å²) in [6, 6.07) is 11.1. The van der Waals surface area contributed by atoms with Crippen LogP contribution in [-0.2, 0) is 11.3 Å². The third kappa shape index (κ3) is 4.81. The lowest BCUT2D eigenvalue weighted by atomic mass is 10.2. The van der Waals surface area contributed by atoms with E-state index in [1.54, 1.807) is 29.8 Å². The van der Waals surface area contributed by atoms with Crippen LogP contribution in [0.1, 0.15) is 32.8 Å². The smallest absolute Gasteiger partial charge is 0.270 e. The van der Waals surface area contributed by atoms with E-state index in [9.17, 15) is 9.59 Å². The lowest BCUT2D eigenvalue weighted by molar-refractivity contribution is 0.0936. The monoisotopic (exact) mass is 520 g/mol. The molecule has 0 saturated heterocycles. The number of amides is 2. The number of thiophene rings is 1. The summed E-state index contributed by atoms with van der Waals surface area (Å²) in [4.78, 5) is 35.4. The van der Waals surface area contributed by atoms with Gasteiger partial charge in [-0.15, -0.1) is 0 Å². The van der Waals surface area contributed by atoms with Crippen LogP contribution in [0.4, 0.5) is 5.13 Å². The summed E-state index contributed by atoms with van der Waals surface area (Å²) < 4.78 is 7.72. The molecule has 0 radical (unpaired) electrons. The second-order valence-electron chi connectivity index (χ2n) is 8.08. The molecule has 0 saturated carbocycles. The summed E-state index contributed by atoms with van der Waals surface area (Å²) in [6.45, 7) is 1.36. The number of nitrogen functional groups attached to an aromatic ring is 1. The highest BCUT2D eigenvalue weighted by molar-refractivity contribution is 7.22. The van der Waals surface area contributed by atoms with Crippen molar-refractivity contribution in [2.45, 2.75) is 13.0 Å². The Labute approximate surface area is 214 Å². The van der Waals surface area contributed by atoms with E-state index in [4.69, 9.17) is 15.5 Å². The van der Waals surface area contributed by atoms with Crippen molar-refractivity contribution in [3.05, 3.63) is 70.2 Å². The Morgan fingerprint density at radius 1 is 1.14 bits per heavy atom. The van der Waals surface area contributed by atoms with Gasteiger partial charge in [0.2, 0.25) is 0 Å². The zero-order chi connectivity index (χ0) is 25.1. The summed E-state index contributed by atoms with van der Waals surface area (Å²) in [5, 5.41) is 10.3. The minimum atomic E-state index is -0.279. The van der Waals surface area contributed by atoms with Gasteiger partial charge in [-0.2, -0.15) is 11.3 Å². The number of anilines is 1. The number of nitrogens with one attached hydrogen (secondary N) is 2. The van der Waals surface area contributed by atoms with Crippen molar-refractivity contribution in [3.8, 4) is 11.3 Å². The average molecular weight is 521 g/mol. The third-order valence-electron chi connectivity index (χ3n) is 5.64. The Kier molecular flexibility index (Phi) is 6.94. The molecule has 4 aromatic heterocycles. The van der Waals surface area contributed by atoms with E-state index >= 15 is 0 Å². The van der Waals surface area contributed by atoms with Crippen LogP contribution >= 0.6 is 22.7 Å². The number of thiazole rings is 1. The van der Waals surface area contributed by atoms with Gasteiger partial charge in [0, 0.05) is 43.9 Å². The number of hydrogen-bond acceptors (Lipinski definition) is 8. The maximum absolute atomic E-state index is 13.2. The number of ether oxygens (including phenoxy) is 1. The first kappa shape index (κ1) is 23.9. The van der Waals surface area contributed by atoms with Crippen LogP contribution in [0.5, 0.6) is 0 Å². The van der Waals surface area contributed by atoms with Gasteiger partial charge >= 0.3 is 0 Å². The van der Waals surface area contributed by atoms with E-state index in [0.29, 0.717) is 53.8 Å². The van der Waals surface area contributed by atoms with Crippen molar-refractivity contribution in [3.63, 3.8) is 0 Å². The van der Waals surface area contributed by atoms with Gasteiger partial charge in [0.15, 0.2) is 10.8 Å². The Hall–Kier alpha value is -3.80. The molecule has 0 spiro atoms. The second kappa shape index (κ2) is 10.4. The van der Waals surface area contributed by atoms with Gasteiger partial charge in [-0.3, -0.25) is 14.0 Å². The highest BCUT2D eigenvalue weighted by Gasteiger charge is 2.23. The number of rotatable bonds is 9. The van der Waals surface area contributed by atoms with Crippen LogP contribution < -0.4 is 16.4 Å². The molecule has 0 unspecified atom stereocenters. The van der Waals surface area contributed by atoms with Gasteiger partial charge < -0.3 is 21.1 Å². The molecule has 9 nitrogen and oxygen atoms in total. The lowest BCUT2D eigenvalue weighted by Gasteiger charge is -2.08. The Bertz CT molecular complexity index is 1540. The fraction of sp³-hybridized carbons (Fsp3) is 0.200. The van der Waals surface area contributed by atoms with Crippen LogP contribution in [0.15, 0.2) is 53.4 Å². The average Bonchev–Trinajstić information content (AvgIpc) is 3.62. The number of nitrogens with two attached hydrogens (primary N) is 1. The summed E-state index contributed by atoms with van der Waals surface area (Å²) in [5.74, 6) is -0.534. The number of hydrogen-bond donors (Lipinski definition) is 3. The molecule has 1 aromatic carbocycles. The van der Waals surface area contributed by atoms with Gasteiger partial charge in [-0.25, -0.2) is 9.97 Å². The molecule has 5 aromatic rings. The highest BCUT2D eigenvalue weighted by Crippen LogP contribution is 2.28. The van der Waals surface area contributed by atoms with E-state index in [1.807, 2.05) is 35.0 Å². The molecule has 11 heteroatoms. The van der Waals surface area contributed by atoms with Crippen LogP contribution in [0.3, 0.4) is 0 Å². The molecule has 0 aliphatic rings. The molecule has 4 heterocycles. The van der Waals surface area contributed by atoms with Gasteiger partial charge in [0.05, 0.1) is 15.8 Å². The van der Waals surface area contributed by atoms with Crippen LogP contribution in [-0.4, -0.2) is 46.4 Å². The van der Waals surface area contributed by atoms with Crippen molar-refractivity contribution >= 4 is 55.5 Å². The first-order valence-electron chi connectivity index (χ1n) is 11.3. The van der Waals surface area contributed by atoms with Crippen molar-refractivity contribution in [1.82, 2.24) is 25.0 Å². The summed E-state index contributed by atoms with van der Waals surface area (Å²) in [7, 11) is 1.63. The number of benzene rings is 1. The van der Waals surface area contributed by atoms with Crippen molar-refractivity contribution < 1.29 is 14.3 Å². The Morgan fingerprint density at radius 3 is 2.83 bits per heavy atom. The maximum Gasteiger partial charge on any atom is 0.270 e. The number of carbonyl (C=O) groups is 2. The minimum absolute atomic E-state index is 0.255. The second-order valence-corrected chi connectivity index (χ2v) is 9.92. The first-order valence-corrected chi connectivity index (χ1v) is 13.0. The zero-order valence-electron chi connectivity index (χ0n) is 19.5. The standard InChI is InChI=1S/C25H24N6O3S2/c1-34-10-3-8-27-24(33)21-20(16-7-11-35-14-16)30-22-17(4-2-9-31(21)22)23(32)28-13-15-5-6-18-19(12-15)36-25(26)29-18/h2,4-7,9,11-12,14H,3,8,10,13H2,1H3,(H2,26,29)(H,27,33)(H,28,32). The molecule has 0 aliphatic carbocycles. The summed E-state index contributed by atoms with van der Waals surface area (Å²) in [6.07, 6.45) is 2.45. The molecule has 0 atom stereocenters. The van der Waals surface area contributed by atoms with Crippen LogP contribution in [0, 0.1) is 0 Å². The number of pyridine rings is 1. The molecule has 0 fully saturated rings. The maximum atomic E-state index is 13.2. The van der Waals surface area contributed by atoms with E-state index in [0.717, 1.165) is 21.3 Å². The molecular formula is C25H24N6O3S2. The fourth-order valence-electron chi connectivity index (χ4n) is 3.94. The normalized spacial score (nSPS) is 11.2. The molecule has 0 aliphatic heterocycles. The molecule has 2 amide bonds. The van der Waals surface area contributed by atoms with Crippen molar-refractivity contribution in [2.24, 2.45) is 0 Å². The van der Waals surface area contributed by atoms with E-state index < -0.39 is 0 Å². The topological polar surface area (TPSA) is 124 Å². The molecule has 0 bridgehead atoms. The van der Waals surface area contributed by atoms with Gasteiger partial charge in [0.25, 0.3) is 11.8 Å². The minimum Gasteiger partial charge on any atom is -0.385 e. The molecule has 36 heavy (non-hydrogen) atoms. The van der Waals surface area contributed by atoms with Gasteiger partial charge in [-0.1, -0.05) is 17.4 Å². The first-order chi connectivity index (χ1) is 17.5. The van der Waals surface area contributed by atoms with Crippen molar-refractivity contribution in [2.75, 3.05) is 26.0 Å². The van der Waals surface area contributed by atoms with E-state index in [1.165, 1.54) is 22.7 Å². The fourth-order valence-corrected chi connectivity index (χ4v) is 5.38. The van der Waals surface area contributed by atoms with E-state index in [-0.39, 0.29) is 11.8 Å². The number of imidazole rings is 1. The number of nitrogens with zero attached hydrogens (tertiary/aromatic N) is 3. The third-order valence-corrected chi connectivity index (χ3v) is 7.17. The number of fused-ring (bicyclic) bond motifs is 2. The number of methoxy groups -OCH3 is 1. The van der Waals surface area contributed by atoms with Crippen molar-refractivity contribution in [1.29, 1.82) is 0 Å². The van der Waals surface area contributed by atoms with Crippen LogP contribution in [0.2, 0.25) is 0 Å². The molecule has 5 rings (SSSR count). The molecule has 184 valence electrons. The molecular weight excluding hydrogens is 496 g/mol. The van der Waals surface area contributed by atoms with Gasteiger partial charge in [0.1, 0.15) is 11.4 Å². The quantitative estimate of drug-likeness (QED) is 0.253. The SMILES string of the molecule is COCCCNC(=O)c1c(-c2ccsc2)nc2c(C(=O)NCc3ccc4nc(N)sc4c3)cccn12. The number of carbonyl (C=O) groups excluding carboxylic acids is 2. The van der Waals surface area contributed by atoms with E-state index in [2.05, 4.69) is 15.6 Å². The Balaban J connectivity index is 1.44. The summed E-state index contributed by atoms with van der Waals surface area (Å²) in [5.41, 5.74) is 10.1. The molecule has 4 N–H and O–H groups in total. The highest BCUT2D eigenvalue weighted by atomic mass is 32.1. The summed E-state index contributed by atoms with van der Waals surface area (Å²) >= 11 is 2.93. The largest absolute Gasteiger partial charge is 0.385 e. The van der Waals surface area contributed by atoms with Crippen LogP contribution in [0.25, 0.3) is 27.1 Å². The Morgan fingerprint density at radius 2 is 2.03 bits per heavy atom. The zero-order valence-corrected chi connectivity index (χ0v) is 21.1. The predicted molar refractivity (Wildman–Crippen MR) is 143 cm³/mol. The van der Waals surface area contributed by atoms with Gasteiger partial charge in [-0.05, 0) is 47.7 Å².